The molecule has 68 valence electrons. The largest absolute Gasteiger partial charge is 0.396 e. The smallest absolute Gasteiger partial charge is 0.249 e. The molecule has 1 aliphatic heterocycles. The molecule has 0 saturated carbocycles. The van der Waals surface area contributed by atoms with E-state index in [1.54, 1.807) is 6.20 Å². The summed E-state index contributed by atoms with van der Waals surface area (Å²) >= 11 is 0. The summed E-state index contributed by atoms with van der Waals surface area (Å²) in [6.07, 6.45) is 3.36. The number of rotatable bonds is 0. The number of carbonyl (C=O) groups is 2. The Labute approximate surface area is 74.6 Å². The lowest BCUT2D eigenvalue weighted by atomic mass is 9.87. The molecule has 0 spiro atoms. The van der Waals surface area contributed by atoms with E-state index in [9.17, 15) is 9.59 Å². The van der Waals surface area contributed by atoms with E-state index in [4.69, 9.17) is 5.73 Å². The van der Waals surface area contributed by atoms with E-state index < -0.39 is 0 Å². The highest BCUT2D eigenvalue weighted by molar-refractivity contribution is 6.00. The van der Waals surface area contributed by atoms with E-state index >= 15 is 0 Å². The molecule has 5 nitrogen and oxygen atoms in total. The normalized spacial score (nSPS) is 26.6. The molecule has 5 heteroatoms. The predicted octanol–water partition coefficient (Wildman–Crippen LogP) is -1.06. The summed E-state index contributed by atoms with van der Waals surface area (Å²) < 4.78 is 0. The van der Waals surface area contributed by atoms with Crippen molar-refractivity contribution in [1.82, 2.24) is 10.9 Å². The maximum absolute atomic E-state index is 11.3. The van der Waals surface area contributed by atoms with Crippen LogP contribution in [-0.2, 0) is 9.59 Å². The first-order valence-corrected chi connectivity index (χ1v) is 3.93. The van der Waals surface area contributed by atoms with Gasteiger partial charge in [-0.2, -0.15) is 0 Å². The van der Waals surface area contributed by atoms with Crippen molar-refractivity contribution in [3.8, 4) is 0 Å². The minimum atomic E-state index is -0.376. The second-order valence-corrected chi connectivity index (χ2v) is 3.05. The van der Waals surface area contributed by atoms with E-state index in [1.165, 1.54) is 6.08 Å². The molecule has 1 aliphatic carbocycles. The number of fused-ring (bicyclic) bond motifs is 1. The molecular formula is C8H9N3O2. The summed E-state index contributed by atoms with van der Waals surface area (Å²) in [6.45, 7) is 0. The van der Waals surface area contributed by atoms with Gasteiger partial charge in [-0.1, -0.05) is 0 Å². The van der Waals surface area contributed by atoms with Gasteiger partial charge in [-0.3, -0.25) is 15.0 Å². The number of ketones is 1. The van der Waals surface area contributed by atoms with Gasteiger partial charge in [0.05, 0.1) is 11.6 Å². The highest BCUT2D eigenvalue weighted by Crippen LogP contribution is 2.24. The van der Waals surface area contributed by atoms with Crippen LogP contribution in [0.4, 0.5) is 0 Å². The molecule has 1 atom stereocenters. The summed E-state index contributed by atoms with van der Waals surface area (Å²) in [6, 6.07) is 0. The molecule has 0 fully saturated rings. The monoisotopic (exact) mass is 179 g/mol. The van der Waals surface area contributed by atoms with Crippen LogP contribution in [0.5, 0.6) is 0 Å². The minimum Gasteiger partial charge on any atom is -0.396 e. The SMILES string of the molecule is NC1=CC2C(=O)NNC=C2CC1=O. The molecule has 0 aromatic carbocycles. The summed E-state index contributed by atoms with van der Waals surface area (Å²) in [4.78, 5) is 22.4. The summed E-state index contributed by atoms with van der Waals surface area (Å²) in [5, 5.41) is 0. The number of hydrogen-bond donors (Lipinski definition) is 3. The van der Waals surface area contributed by atoms with E-state index in [1.807, 2.05) is 0 Å². The van der Waals surface area contributed by atoms with Crippen LogP contribution < -0.4 is 16.6 Å². The fourth-order valence-electron chi connectivity index (χ4n) is 1.44. The molecule has 1 unspecified atom stereocenters. The van der Waals surface area contributed by atoms with Gasteiger partial charge in [0.2, 0.25) is 5.91 Å². The molecule has 4 N–H and O–H groups in total. The van der Waals surface area contributed by atoms with Crippen molar-refractivity contribution in [3.05, 3.63) is 23.5 Å². The van der Waals surface area contributed by atoms with Gasteiger partial charge in [-0.25, -0.2) is 0 Å². The Balaban J connectivity index is 2.39. The van der Waals surface area contributed by atoms with Gasteiger partial charge in [0.1, 0.15) is 0 Å². The third-order valence-corrected chi connectivity index (χ3v) is 2.17. The minimum absolute atomic E-state index is 0.126. The number of amides is 1. The van der Waals surface area contributed by atoms with E-state index in [-0.39, 0.29) is 29.7 Å². The molecule has 1 amide bonds. The number of nitrogens with two attached hydrogens (primary N) is 1. The number of allylic oxidation sites excluding steroid dienone is 1. The molecule has 2 aliphatic rings. The molecule has 0 radical (unpaired) electrons. The number of Topliss-reactive ketones (excluding diaryl/α,β-unsaturated/α-hetero) is 1. The van der Waals surface area contributed by atoms with Crippen molar-refractivity contribution in [2.45, 2.75) is 6.42 Å². The van der Waals surface area contributed by atoms with Gasteiger partial charge in [-0.05, 0) is 11.6 Å². The van der Waals surface area contributed by atoms with Gasteiger partial charge in [-0.15, -0.1) is 0 Å². The van der Waals surface area contributed by atoms with Crippen molar-refractivity contribution >= 4 is 11.7 Å². The molecule has 0 aromatic heterocycles. The van der Waals surface area contributed by atoms with E-state index in [0.29, 0.717) is 0 Å². The Kier molecular flexibility index (Phi) is 1.58. The maximum Gasteiger partial charge on any atom is 0.249 e. The lowest BCUT2D eigenvalue weighted by Gasteiger charge is -2.25. The molecule has 0 saturated heterocycles. The molecule has 1 heterocycles. The van der Waals surface area contributed by atoms with E-state index in [0.717, 1.165) is 5.57 Å². The topological polar surface area (TPSA) is 84.2 Å². The van der Waals surface area contributed by atoms with Gasteiger partial charge in [0.15, 0.2) is 5.78 Å². The number of carbonyl (C=O) groups excluding carboxylic acids is 2. The van der Waals surface area contributed by atoms with Crippen molar-refractivity contribution in [3.63, 3.8) is 0 Å². The molecule has 0 aromatic rings. The van der Waals surface area contributed by atoms with Crippen LogP contribution in [0.2, 0.25) is 0 Å². The lowest BCUT2D eigenvalue weighted by Crippen LogP contribution is -2.45. The number of hydrogen-bond acceptors (Lipinski definition) is 4. The predicted molar refractivity (Wildman–Crippen MR) is 44.7 cm³/mol. The van der Waals surface area contributed by atoms with Crippen molar-refractivity contribution in [2.24, 2.45) is 11.7 Å². The summed E-state index contributed by atoms with van der Waals surface area (Å²) in [7, 11) is 0. The van der Waals surface area contributed by atoms with E-state index in [2.05, 4.69) is 10.9 Å². The van der Waals surface area contributed by atoms with Gasteiger partial charge in [0.25, 0.3) is 0 Å². The Bertz CT molecular complexity index is 343. The lowest BCUT2D eigenvalue weighted by molar-refractivity contribution is -0.124. The van der Waals surface area contributed by atoms with Crippen LogP contribution >= 0.6 is 0 Å². The Hall–Kier alpha value is -1.78. The number of nitrogens with one attached hydrogen (secondary N) is 2. The average Bonchev–Trinajstić information content (AvgIpc) is 2.09. The average molecular weight is 179 g/mol. The highest BCUT2D eigenvalue weighted by Gasteiger charge is 2.30. The fraction of sp³-hybridized carbons (Fsp3) is 0.250. The van der Waals surface area contributed by atoms with Crippen LogP contribution in [0, 0.1) is 5.92 Å². The highest BCUT2D eigenvalue weighted by atomic mass is 16.2. The molecule has 0 bridgehead atoms. The van der Waals surface area contributed by atoms with Gasteiger partial charge >= 0.3 is 0 Å². The summed E-state index contributed by atoms with van der Waals surface area (Å²) in [5.74, 6) is -0.675. The Morgan fingerprint density at radius 3 is 3.00 bits per heavy atom. The number of hydrazine groups is 1. The van der Waals surface area contributed by atoms with Gasteiger partial charge in [0, 0.05) is 12.6 Å². The van der Waals surface area contributed by atoms with Crippen molar-refractivity contribution in [1.29, 1.82) is 0 Å². The molecule has 13 heavy (non-hydrogen) atoms. The first kappa shape index (κ1) is 7.85. The van der Waals surface area contributed by atoms with Crippen molar-refractivity contribution < 1.29 is 9.59 Å². The van der Waals surface area contributed by atoms with Crippen LogP contribution in [-0.4, -0.2) is 11.7 Å². The first-order chi connectivity index (χ1) is 6.18. The zero-order chi connectivity index (χ0) is 9.42. The van der Waals surface area contributed by atoms with Crippen LogP contribution in [0.3, 0.4) is 0 Å². The second-order valence-electron chi connectivity index (χ2n) is 3.05. The Morgan fingerprint density at radius 1 is 1.46 bits per heavy atom. The third-order valence-electron chi connectivity index (χ3n) is 2.17. The van der Waals surface area contributed by atoms with Crippen LogP contribution in [0.15, 0.2) is 23.5 Å². The quantitative estimate of drug-likeness (QED) is 0.442. The first-order valence-electron chi connectivity index (χ1n) is 3.93. The van der Waals surface area contributed by atoms with Crippen LogP contribution in [0.25, 0.3) is 0 Å². The Morgan fingerprint density at radius 2 is 2.23 bits per heavy atom. The van der Waals surface area contributed by atoms with Gasteiger partial charge < -0.3 is 11.2 Å². The molecule has 2 rings (SSSR count). The zero-order valence-corrected chi connectivity index (χ0v) is 6.83. The van der Waals surface area contributed by atoms with Crippen molar-refractivity contribution in [2.75, 3.05) is 0 Å². The third kappa shape index (κ3) is 1.18. The maximum atomic E-state index is 11.3. The fourth-order valence-corrected chi connectivity index (χ4v) is 1.44. The van der Waals surface area contributed by atoms with Crippen LogP contribution in [0.1, 0.15) is 6.42 Å². The standard InChI is InChI=1S/C8H9N3O2/c9-6-2-5-4(1-7(6)12)3-10-11-8(5)13/h2-3,5,10H,1,9H2,(H,11,13). The second kappa shape index (κ2) is 2.62. The molecular weight excluding hydrogens is 170 g/mol. The zero-order valence-electron chi connectivity index (χ0n) is 6.83. The summed E-state index contributed by atoms with van der Waals surface area (Å²) in [5.41, 5.74) is 11.4.